The van der Waals surface area contributed by atoms with E-state index < -0.39 is 0 Å². The van der Waals surface area contributed by atoms with Crippen LogP contribution in [0.5, 0.6) is 0 Å². The van der Waals surface area contributed by atoms with Gasteiger partial charge in [-0.25, -0.2) is 9.13 Å². The van der Waals surface area contributed by atoms with Crippen LogP contribution in [0.15, 0.2) is 59.1 Å². The van der Waals surface area contributed by atoms with Crippen molar-refractivity contribution in [1.29, 1.82) is 0 Å². The van der Waals surface area contributed by atoms with E-state index in [0.717, 1.165) is 47.1 Å². The highest BCUT2D eigenvalue weighted by molar-refractivity contribution is 9.10. The van der Waals surface area contributed by atoms with Gasteiger partial charge in [-0.05, 0) is 86.7 Å². The minimum atomic E-state index is -0.133. The van der Waals surface area contributed by atoms with E-state index in [0.29, 0.717) is 23.4 Å². The van der Waals surface area contributed by atoms with E-state index in [4.69, 9.17) is 0 Å². The normalized spacial score (nSPS) is 37.2. The first kappa shape index (κ1) is 26.4. The lowest BCUT2D eigenvalue weighted by Gasteiger charge is -2.57. The van der Waals surface area contributed by atoms with Crippen molar-refractivity contribution in [2.75, 3.05) is 0 Å². The molecule has 4 nitrogen and oxygen atoms in total. The van der Waals surface area contributed by atoms with E-state index in [1.54, 1.807) is 5.57 Å². The molecule has 0 radical (unpaired) electrons. The van der Waals surface area contributed by atoms with Gasteiger partial charge in [0.05, 0.1) is 6.10 Å². The van der Waals surface area contributed by atoms with Crippen LogP contribution >= 0.6 is 15.9 Å². The van der Waals surface area contributed by atoms with Gasteiger partial charge in [-0.2, -0.15) is 0 Å². The van der Waals surface area contributed by atoms with Crippen molar-refractivity contribution in [3.63, 3.8) is 0 Å². The highest BCUT2D eigenvalue weighted by atomic mass is 79.9. The van der Waals surface area contributed by atoms with Crippen molar-refractivity contribution in [2.45, 2.75) is 83.9 Å². The van der Waals surface area contributed by atoms with Crippen molar-refractivity contribution in [3.8, 4) is 0 Å². The molecule has 1 heterocycles. The maximum atomic E-state index is 12.8. The van der Waals surface area contributed by atoms with Crippen LogP contribution in [-0.4, -0.2) is 21.6 Å². The molecule has 0 spiro atoms. The van der Waals surface area contributed by atoms with Gasteiger partial charge in [0.1, 0.15) is 18.4 Å². The molecule has 1 N–H and O–H groups in total. The smallest absolute Gasteiger partial charge is 0.244 e. The second kappa shape index (κ2) is 9.81. The summed E-state index contributed by atoms with van der Waals surface area (Å²) >= 11 is 3.47. The average molecular weight is 618 g/mol. The van der Waals surface area contributed by atoms with Gasteiger partial charge < -0.3 is 22.1 Å². The largest absolute Gasteiger partial charge is 1.00 e. The highest BCUT2D eigenvalue weighted by Gasteiger charge is 2.60. The number of aromatic nitrogens is 2. The molecule has 3 saturated carbocycles. The number of benzene rings is 1. The quantitative estimate of drug-likeness (QED) is 0.325. The molecule has 3 fully saturated rings. The predicted molar refractivity (Wildman–Crippen MR) is 140 cm³/mol. The molecule has 6 rings (SSSR count). The standard InChI is InChI=1S/C30H38BrN2O2.BrH/c1-29-12-10-23(34)17-21(29)6-7-24-25-8-9-28(30(25,2)13-11-26(24)29)33-15-14-32(19-33)18-27(35)20-4-3-5-22(31)16-20;/h3-6,14-16,19,23-26,28,34H,7-13,17-18H2,1-2H3;1H/q+1;/p-1/t23-,24-,25-,26-,28-,29-,30-;/m0./s1. The lowest BCUT2D eigenvalue weighted by atomic mass is 9.48. The number of carbonyl (C=O) groups is 1. The third kappa shape index (κ3) is 4.29. The Kier molecular flexibility index (Phi) is 7.19. The van der Waals surface area contributed by atoms with Crippen LogP contribution < -0.4 is 21.5 Å². The Morgan fingerprint density at radius 2 is 2.00 bits per heavy atom. The number of aliphatic hydroxyl groups is 1. The third-order valence-electron chi connectivity index (χ3n) is 10.6. The van der Waals surface area contributed by atoms with Crippen molar-refractivity contribution in [2.24, 2.45) is 28.6 Å². The zero-order valence-electron chi connectivity index (χ0n) is 21.4. The number of imidazole rings is 1. The maximum absolute atomic E-state index is 12.8. The molecule has 0 unspecified atom stereocenters. The van der Waals surface area contributed by atoms with Crippen molar-refractivity contribution in [3.05, 3.63) is 64.7 Å². The number of aliphatic hydroxyl groups excluding tert-OH is 1. The molecule has 0 aliphatic heterocycles. The molecule has 36 heavy (non-hydrogen) atoms. The maximum Gasteiger partial charge on any atom is 0.244 e. The van der Waals surface area contributed by atoms with Gasteiger partial charge in [-0.1, -0.05) is 53.6 Å². The molecule has 0 amide bonds. The molecule has 0 bridgehead atoms. The van der Waals surface area contributed by atoms with E-state index in [1.165, 1.54) is 32.1 Å². The van der Waals surface area contributed by atoms with Gasteiger partial charge in [-0.15, -0.1) is 0 Å². The number of halogens is 2. The van der Waals surface area contributed by atoms with Crippen LogP contribution in [-0.2, 0) is 6.54 Å². The van der Waals surface area contributed by atoms with Gasteiger partial charge in [0.2, 0.25) is 12.1 Å². The minimum Gasteiger partial charge on any atom is -1.00 e. The number of nitrogens with zero attached hydrogens (tertiary/aromatic N) is 2. The average Bonchev–Trinajstić information content (AvgIpc) is 3.43. The Balaban J connectivity index is 0.00000267. The summed E-state index contributed by atoms with van der Waals surface area (Å²) < 4.78 is 5.40. The second-order valence-electron chi connectivity index (χ2n) is 12.3. The van der Waals surface area contributed by atoms with E-state index in [2.05, 4.69) is 63.7 Å². The molecule has 194 valence electrons. The fraction of sp³-hybridized carbons (Fsp3) is 0.600. The van der Waals surface area contributed by atoms with E-state index in [9.17, 15) is 9.90 Å². The number of fused-ring (bicyclic) bond motifs is 5. The molecule has 0 saturated heterocycles. The Hall–Kier alpha value is -1.24. The van der Waals surface area contributed by atoms with Gasteiger partial charge >= 0.3 is 0 Å². The molecular formula is C30H38Br2N2O2. The van der Waals surface area contributed by atoms with Crippen molar-refractivity contribution < 1.29 is 31.4 Å². The number of hydrogen-bond acceptors (Lipinski definition) is 2. The summed E-state index contributed by atoms with van der Waals surface area (Å²) in [6.07, 6.45) is 18.2. The first-order valence-electron chi connectivity index (χ1n) is 13.5. The Labute approximate surface area is 234 Å². The molecule has 1 aromatic heterocycles. The summed E-state index contributed by atoms with van der Waals surface area (Å²) in [5.74, 6) is 2.43. The van der Waals surface area contributed by atoms with Crippen molar-refractivity contribution >= 4 is 21.7 Å². The molecule has 1 aromatic carbocycles. The zero-order chi connectivity index (χ0) is 24.4. The first-order valence-corrected chi connectivity index (χ1v) is 14.3. The van der Waals surface area contributed by atoms with Gasteiger partial charge in [0.15, 0.2) is 6.54 Å². The second-order valence-corrected chi connectivity index (χ2v) is 13.2. The molecular weight excluding hydrogens is 580 g/mol. The van der Waals surface area contributed by atoms with Gasteiger partial charge in [-0.3, -0.25) is 4.79 Å². The first-order chi connectivity index (χ1) is 16.8. The molecule has 4 aliphatic rings. The number of allylic oxidation sites excluding steroid dienone is 1. The molecule has 6 heteroatoms. The zero-order valence-corrected chi connectivity index (χ0v) is 24.5. The predicted octanol–water partition coefficient (Wildman–Crippen LogP) is 3.29. The summed E-state index contributed by atoms with van der Waals surface area (Å²) in [7, 11) is 0. The molecule has 7 atom stereocenters. The molecule has 4 aliphatic carbocycles. The van der Waals surface area contributed by atoms with Gasteiger partial charge in [0, 0.05) is 15.5 Å². The van der Waals surface area contributed by atoms with Crippen LogP contribution in [0.25, 0.3) is 0 Å². The Bertz CT molecular complexity index is 1180. The lowest BCUT2D eigenvalue weighted by Crippen LogP contribution is -3.00. The third-order valence-corrected chi connectivity index (χ3v) is 11.1. The summed E-state index contributed by atoms with van der Waals surface area (Å²) in [5.41, 5.74) is 2.91. The van der Waals surface area contributed by atoms with E-state index in [1.807, 2.05) is 24.3 Å². The SMILES string of the molecule is C[C@]12CC[C@H]3[C@@H](CC=C4C[C@@H](O)CC[C@@]43C)[C@@H]1CC[C@@H]2n1cc[n+](CC(=O)c2cccc(Br)c2)c1.[Br-]. The topological polar surface area (TPSA) is 46.1 Å². The van der Waals surface area contributed by atoms with Gasteiger partial charge in [0.25, 0.3) is 0 Å². The fourth-order valence-corrected chi connectivity index (χ4v) is 9.11. The summed E-state index contributed by atoms with van der Waals surface area (Å²) in [4.78, 5) is 12.8. The Morgan fingerprint density at radius 3 is 2.81 bits per heavy atom. The van der Waals surface area contributed by atoms with Crippen LogP contribution in [0.1, 0.15) is 81.6 Å². The van der Waals surface area contributed by atoms with E-state index in [-0.39, 0.29) is 28.9 Å². The number of carbonyl (C=O) groups excluding carboxylic acids is 1. The molecule has 2 aromatic rings. The number of hydrogen-bond donors (Lipinski definition) is 1. The van der Waals surface area contributed by atoms with E-state index >= 15 is 0 Å². The Morgan fingerprint density at radius 1 is 1.17 bits per heavy atom. The van der Waals surface area contributed by atoms with Crippen LogP contribution in [0.4, 0.5) is 0 Å². The van der Waals surface area contributed by atoms with Crippen molar-refractivity contribution in [1.82, 2.24) is 4.57 Å². The highest BCUT2D eigenvalue weighted by Crippen LogP contribution is 2.67. The summed E-state index contributed by atoms with van der Waals surface area (Å²) in [6.45, 7) is 5.43. The summed E-state index contributed by atoms with van der Waals surface area (Å²) in [6, 6.07) is 8.17. The minimum absolute atomic E-state index is 0. The number of Topliss-reactive ketones (excluding diaryl/α,β-unsaturated/α-hetero) is 1. The van der Waals surface area contributed by atoms with Crippen LogP contribution in [0, 0.1) is 28.6 Å². The van der Waals surface area contributed by atoms with Crippen LogP contribution in [0.2, 0.25) is 0 Å². The lowest BCUT2D eigenvalue weighted by molar-refractivity contribution is -0.682. The monoisotopic (exact) mass is 616 g/mol. The number of ketones is 1. The van der Waals surface area contributed by atoms with Crippen LogP contribution in [0.3, 0.4) is 0 Å². The number of rotatable bonds is 4. The summed E-state index contributed by atoms with van der Waals surface area (Å²) in [5, 5.41) is 10.3. The fourth-order valence-electron chi connectivity index (χ4n) is 8.71.